The molecule has 0 spiro atoms. The summed E-state index contributed by atoms with van der Waals surface area (Å²) in [5.74, 6) is 0.236. The van der Waals surface area contributed by atoms with Gasteiger partial charge in [-0.15, -0.1) is 0 Å². The Balaban J connectivity index is 2.24. The summed E-state index contributed by atoms with van der Waals surface area (Å²) in [6.07, 6.45) is 3.49. The molecular formula is C11H10BrFN2O. The molecule has 2 aromatic rings. The molecule has 0 aliphatic heterocycles. The van der Waals surface area contributed by atoms with Crippen molar-refractivity contribution < 1.29 is 9.13 Å². The maximum Gasteiger partial charge on any atom is 0.301 e. The van der Waals surface area contributed by atoms with Gasteiger partial charge in [-0.25, -0.2) is 9.37 Å². The molecule has 1 aromatic carbocycles. The summed E-state index contributed by atoms with van der Waals surface area (Å²) in [5, 5.41) is 0. The molecule has 0 fully saturated rings. The van der Waals surface area contributed by atoms with Crippen LogP contribution in [-0.4, -0.2) is 9.55 Å². The average Bonchev–Trinajstić information content (AvgIpc) is 2.71. The van der Waals surface area contributed by atoms with E-state index >= 15 is 0 Å². The zero-order valence-electron chi connectivity index (χ0n) is 8.65. The fraction of sp³-hybridized carbons (Fsp3) is 0.182. The lowest BCUT2D eigenvalue weighted by molar-refractivity contribution is 0.414. The molecule has 2 rings (SSSR count). The van der Waals surface area contributed by atoms with Crippen molar-refractivity contribution in [1.29, 1.82) is 0 Å². The van der Waals surface area contributed by atoms with Crippen molar-refractivity contribution in [1.82, 2.24) is 9.55 Å². The maximum absolute atomic E-state index is 13.0. The molecule has 16 heavy (non-hydrogen) atoms. The smallest absolute Gasteiger partial charge is 0.301 e. The van der Waals surface area contributed by atoms with Gasteiger partial charge in [0.15, 0.2) is 0 Å². The van der Waals surface area contributed by atoms with Crippen LogP contribution in [0.2, 0.25) is 0 Å². The predicted molar refractivity (Wildman–Crippen MR) is 62.1 cm³/mol. The van der Waals surface area contributed by atoms with E-state index in [1.54, 1.807) is 18.3 Å². The van der Waals surface area contributed by atoms with E-state index in [2.05, 4.69) is 20.9 Å². The SMILES string of the molecule is CCn1ccnc1Oc1ccc(F)c(Br)c1. The normalized spacial score (nSPS) is 10.4. The number of aromatic nitrogens is 2. The van der Waals surface area contributed by atoms with Crippen LogP contribution in [0.3, 0.4) is 0 Å². The highest BCUT2D eigenvalue weighted by molar-refractivity contribution is 9.10. The lowest BCUT2D eigenvalue weighted by atomic mass is 10.3. The van der Waals surface area contributed by atoms with Gasteiger partial charge in [0.1, 0.15) is 11.6 Å². The van der Waals surface area contributed by atoms with Gasteiger partial charge in [-0.2, -0.15) is 0 Å². The van der Waals surface area contributed by atoms with Gasteiger partial charge < -0.3 is 9.30 Å². The molecule has 84 valence electrons. The molecule has 0 aliphatic carbocycles. The monoisotopic (exact) mass is 284 g/mol. The fourth-order valence-electron chi connectivity index (χ4n) is 1.29. The number of ether oxygens (including phenoxy) is 1. The van der Waals surface area contributed by atoms with Crippen molar-refractivity contribution in [3.05, 3.63) is 40.9 Å². The number of imidazole rings is 1. The molecule has 3 nitrogen and oxygen atoms in total. The Labute approximate surface area is 101 Å². The summed E-state index contributed by atoms with van der Waals surface area (Å²) < 4.78 is 20.8. The lowest BCUT2D eigenvalue weighted by Crippen LogP contribution is -1.97. The molecule has 0 unspecified atom stereocenters. The van der Waals surface area contributed by atoms with Gasteiger partial charge in [0, 0.05) is 18.9 Å². The minimum absolute atomic E-state index is 0.314. The number of rotatable bonds is 3. The highest BCUT2D eigenvalue weighted by Crippen LogP contribution is 2.25. The number of hydrogen-bond acceptors (Lipinski definition) is 2. The Hall–Kier alpha value is -1.36. The predicted octanol–water partition coefficient (Wildman–Crippen LogP) is 3.60. The zero-order chi connectivity index (χ0) is 11.5. The molecule has 0 N–H and O–H groups in total. The minimum Gasteiger partial charge on any atom is -0.425 e. The number of benzene rings is 1. The summed E-state index contributed by atoms with van der Waals surface area (Å²) in [6, 6.07) is 4.98. The van der Waals surface area contributed by atoms with Crippen LogP contribution < -0.4 is 4.74 Å². The van der Waals surface area contributed by atoms with Crippen LogP contribution >= 0.6 is 15.9 Å². The van der Waals surface area contributed by atoms with Gasteiger partial charge in [-0.05, 0) is 41.1 Å². The third kappa shape index (κ3) is 2.24. The molecule has 0 saturated carbocycles. The Morgan fingerprint density at radius 3 is 3.00 bits per heavy atom. The molecule has 0 radical (unpaired) electrons. The quantitative estimate of drug-likeness (QED) is 0.861. The Morgan fingerprint density at radius 2 is 2.31 bits per heavy atom. The van der Waals surface area contributed by atoms with Crippen LogP contribution in [0.4, 0.5) is 4.39 Å². The summed E-state index contributed by atoms with van der Waals surface area (Å²) in [5.41, 5.74) is 0. The molecular weight excluding hydrogens is 275 g/mol. The van der Waals surface area contributed by atoms with Gasteiger partial charge in [0.25, 0.3) is 0 Å². The third-order valence-electron chi connectivity index (χ3n) is 2.12. The van der Waals surface area contributed by atoms with Crippen LogP contribution in [0.15, 0.2) is 35.1 Å². The van der Waals surface area contributed by atoms with Crippen LogP contribution in [0.5, 0.6) is 11.8 Å². The molecule has 0 bridgehead atoms. The van der Waals surface area contributed by atoms with Crippen molar-refractivity contribution >= 4 is 15.9 Å². The molecule has 5 heteroatoms. The minimum atomic E-state index is -0.314. The van der Waals surface area contributed by atoms with Crippen molar-refractivity contribution in [2.45, 2.75) is 13.5 Å². The summed E-state index contributed by atoms with van der Waals surface area (Å²) in [6.45, 7) is 2.77. The van der Waals surface area contributed by atoms with Crippen molar-refractivity contribution in [3.8, 4) is 11.8 Å². The first-order valence-electron chi connectivity index (χ1n) is 4.84. The van der Waals surface area contributed by atoms with E-state index in [9.17, 15) is 4.39 Å². The summed E-state index contributed by atoms with van der Waals surface area (Å²) >= 11 is 3.10. The van der Waals surface area contributed by atoms with Crippen molar-refractivity contribution in [2.75, 3.05) is 0 Å². The second kappa shape index (κ2) is 4.65. The zero-order valence-corrected chi connectivity index (χ0v) is 10.2. The molecule has 1 heterocycles. The number of nitrogens with zero attached hydrogens (tertiary/aromatic N) is 2. The third-order valence-corrected chi connectivity index (χ3v) is 2.73. The maximum atomic E-state index is 13.0. The average molecular weight is 285 g/mol. The van der Waals surface area contributed by atoms with Gasteiger partial charge >= 0.3 is 6.01 Å². The topological polar surface area (TPSA) is 27.1 Å². The fourth-order valence-corrected chi connectivity index (χ4v) is 1.64. The van der Waals surface area contributed by atoms with Crippen LogP contribution in [0.1, 0.15) is 6.92 Å². The Kier molecular flexibility index (Phi) is 3.24. The van der Waals surface area contributed by atoms with Crippen molar-refractivity contribution in [3.63, 3.8) is 0 Å². The second-order valence-corrected chi connectivity index (χ2v) is 4.03. The van der Waals surface area contributed by atoms with E-state index in [-0.39, 0.29) is 5.82 Å². The number of hydrogen-bond donors (Lipinski definition) is 0. The van der Waals surface area contributed by atoms with E-state index < -0.39 is 0 Å². The summed E-state index contributed by atoms with van der Waals surface area (Å²) in [7, 11) is 0. The van der Waals surface area contributed by atoms with E-state index in [0.29, 0.717) is 16.2 Å². The van der Waals surface area contributed by atoms with Crippen LogP contribution in [-0.2, 0) is 6.54 Å². The van der Waals surface area contributed by atoms with Crippen LogP contribution in [0, 0.1) is 5.82 Å². The first-order valence-corrected chi connectivity index (χ1v) is 5.64. The summed E-state index contributed by atoms with van der Waals surface area (Å²) in [4.78, 5) is 4.07. The largest absolute Gasteiger partial charge is 0.425 e. The molecule has 0 atom stereocenters. The first-order chi connectivity index (χ1) is 7.70. The highest BCUT2D eigenvalue weighted by atomic mass is 79.9. The molecule has 1 aromatic heterocycles. The van der Waals surface area contributed by atoms with E-state index in [4.69, 9.17) is 4.74 Å². The number of halogens is 2. The van der Waals surface area contributed by atoms with Gasteiger partial charge in [0.05, 0.1) is 4.47 Å². The second-order valence-electron chi connectivity index (χ2n) is 3.17. The standard InChI is InChI=1S/C11H10BrFN2O/c1-2-15-6-5-14-11(15)16-8-3-4-10(13)9(12)7-8/h3-7H,2H2,1H3. The molecule has 0 saturated heterocycles. The van der Waals surface area contributed by atoms with Gasteiger partial charge in [-0.1, -0.05) is 0 Å². The molecule has 0 amide bonds. The van der Waals surface area contributed by atoms with Crippen LogP contribution in [0.25, 0.3) is 0 Å². The number of aryl methyl sites for hydroxylation is 1. The van der Waals surface area contributed by atoms with Crippen molar-refractivity contribution in [2.24, 2.45) is 0 Å². The highest BCUT2D eigenvalue weighted by Gasteiger charge is 2.06. The Morgan fingerprint density at radius 1 is 1.50 bits per heavy atom. The van der Waals surface area contributed by atoms with E-state index in [1.165, 1.54) is 6.07 Å². The van der Waals surface area contributed by atoms with E-state index in [1.807, 2.05) is 17.7 Å². The lowest BCUT2D eigenvalue weighted by Gasteiger charge is -2.07. The molecule has 0 aliphatic rings. The first kappa shape index (κ1) is 11.1. The van der Waals surface area contributed by atoms with Gasteiger partial charge in [0.2, 0.25) is 0 Å². The van der Waals surface area contributed by atoms with E-state index in [0.717, 1.165) is 6.54 Å². The Bertz CT molecular complexity index is 498. The van der Waals surface area contributed by atoms with Gasteiger partial charge in [-0.3, -0.25) is 0 Å².